The van der Waals surface area contributed by atoms with Crippen molar-refractivity contribution in [2.24, 2.45) is 0 Å². The Morgan fingerprint density at radius 1 is 1.38 bits per heavy atom. The lowest BCUT2D eigenvalue weighted by Gasteiger charge is -1.95. The number of hydrogen-bond donors (Lipinski definition) is 2. The number of nitrogens with zero attached hydrogens (tertiary/aromatic N) is 1. The van der Waals surface area contributed by atoms with Gasteiger partial charge >= 0.3 is 0 Å². The Balaban J connectivity index is 2.28. The highest BCUT2D eigenvalue weighted by atomic mass is 35.5. The van der Waals surface area contributed by atoms with Crippen molar-refractivity contribution in [1.82, 2.24) is 9.97 Å². The van der Waals surface area contributed by atoms with Gasteiger partial charge in [0.25, 0.3) is 0 Å². The van der Waals surface area contributed by atoms with E-state index in [0.29, 0.717) is 5.88 Å². The fourth-order valence-corrected chi connectivity index (χ4v) is 1.30. The van der Waals surface area contributed by atoms with E-state index in [1.54, 1.807) is 0 Å². The number of hydrogen-bond acceptors (Lipinski definition) is 2. The van der Waals surface area contributed by atoms with Gasteiger partial charge in [0, 0.05) is 12.4 Å². The normalized spacial score (nSPS) is 10.5. The molecule has 0 atom stereocenters. The van der Waals surface area contributed by atoms with E-state index >= 15 is 0 Å². The molecule has 0 saturated heterocycles. The molecule has 3 nitrogen and oxygen atoms in total. The zero-order chi connectivity index (χ0) is 9.10. The van der Waals surface area contributed by atoms with Gasteiger partial charge in [0.1, 0.15) is 0 Å². The van der Waals surface area contributed by atoms with E-state index in [1.807, 2.05) is 24.3 Å². The highest BCUT2D eigenvalue weighted by Gasteiger charge is 1.99. The highest BCUT2D eigenvalue weighted by Crippen LogP contribution is 2.12. The summed E-state index contributed by atoms with van der Waals surface area (Å²) in [6.07, 6.45) is 0. The molecule has 0 bridgehead atoms. The maximum absolute atomic E-state index is 5.55. The number of alkyl halides is 1. The molecule has 0 saturated carbocycles. The second-order valence-corrected chi connectivity index (χ2v) is 3.10. The Hall–Kier alpha value is -1.22. The first-order valence-electron chi connectivity index (χ1n) is 4.15. The molecule has 68 valence electrons. The second-order valence-electron chi connectivity index (χ2n) is 2.72. The van der Waals surface area contributed by atoms with Crippen LogP contribution in [0.5, 0.6) is 0 Å². The van der Waals surface area contributed by atoms with Crippen LogP contribution in [0.4, 0.5) is 5.95 Å². The van der Waals surface area contributed by atoms with Gasteiger partial charge in [-0.05, 0) is 12.1 Å². The first kappa shape index (κ1) is 8.38. The van der Waals surface area contributed by atoms with E-state index in [0.717, 1.165) is 23.5 Å². The number of para-hydroxylation sites is 2. The van der Waals surface area contributed by atoms with Crippen molar-refractivity contribution in [2.75, 3.05) is 17.7 Å². The maximum atomic E-state index is 5.55. The Morgan fingerprint density at radius 3 is 3.00 bits per heavy atom. The van der Waals surface area contributed by atoms with E-state index in [4.69, 9.17) is 11.6 Å². The van der Waals surface area contributed by atoms with Crippen molar-refractivity contribution in [3.05, 3.63) is 24.3 Å². The van der Waals surface area contributed by atoms with Crippen LogP contribution in [0.25, 0.3) is 11.0 Å². The summed E-state index contributed by atoms with van der Waals surface area (Å²) in [5.41, 5.74) is 2.01. The molecule has 0 fully saturated rings. The maximum Gasteiger partial charge on any atom is 0.201 e. The molecule has 0 spiro atoms. The van der Waals surface area contributed by atoms with Crippen molar-refractivity contribution < 1.29 is 0 Å². The Labute approximate surface area is 81.1 Å². The third kappa shape index (κ3) is 1.75. The van der Waals surface area contributed by atoms with Crippen LogP contribution >= 0.6 is 11.6 Å². The lowest BCUT2D eigenvalue weighted by Crippen LogP contribution is -2.03. The smallest absolute Gasteiger partial charge is 0.201 e. The number of aromatic nitrogens is 2. The van der Waals surface area contributed by atoms with Crippen LogP contribution in [-0.4, -0.2) is 22.4 Å². The molecule has 0 aliphatic rings. The van der Waals surface area contributed by atoms with Crippen molar-refractivity contribution in [1.29, 1.82) is 0 Å². The molecule has 2 rings (SSSR count). The summed E-state index contributed by atoms with van der Waals surface area (Å²) in [6.45, 7) is 0.724. The number of rotatable bonds is 3. The largest absolute Gasteiger partial charge is 0.355 e. The van der Waals surface area contributed by atoms with Crippen LogP contribution in [-0.2, 0) is 0 Å². The highest BCUT2D eigenvalue weighted by molar-refractivity contribution is 6.18. The Morgan fingerprint density at radius 2 is 2.23 bits per heavy atom. The van der Waals surface area contributed by atoms with Gasteiger partial charge in [0.15, 0.2) is 0 Å². The lowest BCUT2D eigenvalue weighted by atomic mass is 10.3. The van der Waals surface area contributed by atoms with E-state index in [9.17, 15) is 0 Å². The number of halogens is 1. The number of benzene rings is 1. The molecule has 2 aromatic rings. The topological polar surface area (TPSA) is 40.7 Å². The van der Waals surface area contributed by atoms with Crippen LogP contribution < -0.4 is 5.32 Å². The van der Waals surface area contributed by atoms with Crippen molar-refractivity contribution in [2.45, 2.75) is 0 Å². The summed E-state index contributed by atoms with van der Waals surface area (Å²) < 4.78 is 0. The summed E-state index contributed by atoms with van der Waals surface area (Å²) in [7, 11) is 0. The number of aromatic amines is 1. The van der Waals surface area contributed by atoms with Gasteiger partial charge in [0.2, 0.25) is 5.95 Å². The average Bonchev–Trinajstić information content (AvgIpc) is 2.57. The van der Waals surface area contributed by atoms with Gasteiger partial charge in [-0.3, -0.25) is 0 Å². The number of anilines is 1. The van der Waals surface area contributed by atoms with E-state index in [1.165, 1.54) is 0 Å². The molecule has 2 N–H and O–H groups in total. The fraction of sp³-hybridized carbons (Fsp3) is 0.222. The Kier molecular flexibility index (Phi) is 2.36. The molecule has 1 heterocycles. The first-order chi connectivity index (χ1) is 6.40. The van der Waals surface area contributed by atoms with E-state index in [-0.39, 0.29) is 0 Å². The minimum absolute atomic E-state index is 0.580. The predicted octanol–water partition coefficient (Wildman–Crippen LogP) is 2.21. The first-order valence-corrected chi connectivity index (χ1v) is 4.68. The van der Waals surface area contributed by atoms with E-state index in [2.05, 4.69) is 15.3 Å². The third-order valence-electron chi connectivity index (χ3n) is 1.78. The summed E-state index contributed by atoms with van der Waals surface area (Å²) >= 11 is 5.55. The second kappa shape index (κ2) is 3.66. The molecule has 0 amide bonds. The van der Waals surface area contributed by atoms with Crippen molar-refractivity contribution in [3.8, 4) is 0 Å². The van der Waals surface area contributed by atoms with Crippen molar-refractivity contribution >= 4 is 28.6 Å². The number of fused-ring (bicyclic) bond motifs is 1. The quantitative estimate of drug-likeness (QED) is 0.738. The van der Waals surface area contributed by atoms with Crippen LogP contribution in [0.2, 0.25) is 0 Å². The van der Waals surface area contributed by atoms with Crippen LogP contribution in [0, 0.1) is 0 Å². The minimum Gasteiger partial charge on any atom is -0.355 e. The summed E-state index contributed by atoms with van der Waals surface area (Å²) in [5.74, 6) is 1.36. The number of nitrogens with one attached hydrogen (secondary N) is 2. The summed E-state index contributed by atoms with van der Waals surface area (Å²) in [4.78, 5) is 7.47. The molecule has 1 aromatic carbocycles. The molecule has 4 heteroatoms. The van der Waals surface area contributed by atoms with Gasteiger partial charge in [-0.15, -0.1) is 11.6 Å². The summed E-state index contributed by atoms with van der Waals surface area (Å²) in [5, 5.41) is 3.09. The molecular weight excluding hydrogens is 186 g/mol. The van der Waals surface area contributed by atoms with Gasteiger partial charge in [-0.25, -0.2) is 4.98 Å². The molecule has 0 aliphatic heterocycles. The van der Waals surface area contributed by atoms with Gasteiger partial charge < -0.3 is 10.3 Å². The molecule has 1 aromatic heterocycles. The number of H-pyrrole nitrogens is 1. The molecule has 0 aliphatic carbocycles. The van der Waals surface area contributed by atoms with Crippen LogP contribution in [0.15, 0.2) is 24.3 Å². The molecule has 0 unspecified atom stereocenters. The van der Waals surface area contributed by atoms with E-state index < -0.39 is 0 Å². The minimum atomic E-state index is 0.580. The molecular formula is C9H10ClN3. The Bertz CT molecular complexity index is 363. The third-order valence-corrected chi connectivity index (χ3v) is 1.97. The fourth-order valence-electron chi connectivity index (χ4n) is 1.20. The van der Waals surface area contributed by atoms with Gasteiger partial charge in [-0.2, -0.15) is 0 Å². The monoisotopic (exact) mass is 195 g/mol. The number of imidazole rings is 1. The summed E-state index contributed by atoms with van der Waals surface area (Å²) in [6, 6.07) is 7.91. The molecule has 0 radical (unpaired) electrons. The zero-order valence-corrected chi connectivity index (χ0v) is 7.80. The lowest BCUT2D eigenvalue weighted by molar-refractivity contribution is 1.15. The van der Waals surface area contributed by atoms with Crippen molar-refractivity contribution in [3.63, 3.8) is 0 Å². The van der Waals surface area contributed by atoms with Crippen LogP contribution in [0.3, 0.4) is 0 Å². The molecule has 13 heavy (non-hydrogen) atoms. The van der Waals surface area contributed by atoms with Crippen LogP contribution in [0.1, 0.15) is 0 Å². The SMILES string of the molecule is ClCCNc1nc2ccccc2[nH]1. The van der Waals surface area contributed by atoms with Gasteiger partial charge in [-0.1, -0.05) is 12.1 Å². The van der Waals surface area contributed by atoms with Gasteiger partial charge in [0.05, 0.1) is 11.0 Å². The zero-order valence-electron chi connectivity index (χ0n) is 7.05. The standard InChI is InChI=1S/C9H10ClN3/c10-5-6-11-9-12-7-3-1-2-4-8(7)13-9/h1-4H,5-6H2,(H2,11,12,13). The average molecular weight is 196 g/mol. The predicted molar refractivity (Wildman–Crippen MR) is 55.3 cm³/mol.